The highest BCUT2D eigenvalue weighted by Crippen LogP contribution is 2.34. The molecule has 1 aromatic carbocycles. The Morgan fingerprint density at radius 1 is 1.07 bits per heavy atom. The number of piperazine rings is 1. The number of rotatable bonds is 6. The van der Waals surface area contributed by atoms with Crippen LogP contribution in [0.4, 0.5) is 16.3 Å². The summed E-state index contributed by atoms with van der Waals surface area (Å²) in [6.07, 6.45) is 3.74. The van der Waals surface area contributed by atoms with Crippen LogP contribution in [-0.4, -0.2) is 89.9 Å². The monoisotopic (exact) mass is 629 g/mol. The summed E-state index contributed by atoms with van der Waals surface area (Å²) in [4.78, 5) is 31.4. The van der Waals surface area contributed by atoms with Crippen molar-refractivity contribution < 1.29 is 14.3 Å². The second-order valence-electron chi connectivity index (χ2n) is 12.6. The minimum absolute atomic E-state index is 0.200. The topological polar surface area (TPSA) is 98.1 Å². The number of carbonyl (C=O) groups is 1. The number of amides is 1. The second-order valence-corrected chi connectivity index (χ2v) is 13.4. The van der Waals surface area contributed by atoms with E-state index in [9.17, 15) is 10.1 Å². The minimum atomic E-state index is -0.616. The lowest BCUT2D eigenvalue weighted by Crippen LogP contribution is -2.56. The van der Waals surface area contributed by atoms with Crippen LogP contribution >= 0.6 is 23.2 Å². The van der Waals surface area contributed by atoms with E-state index in [1.807, 2.05) is 39.0 Å². The van der Waals surface area contributed by atoms with Gasteiger partial charge in [-0.2, -0.15) is 15.2 Å². The van der Waals surface area contributed by atoms with Crippen molar-refractivity contribution in [2.24, 2.45) is 0 Å². The Hall–Kier alpha value is -3.00. The molecular formula is C31H41Cl2N7O3. The summed E-state index contributed by atoms with van der Waals surface area (Å²) < 4.78 is 11.9. The highest BCUT2D eigenvalue weighted by atomic mass is 35.5. The number of likely N-dealkylation sites (tertiary alicyclic amines) is 1. The summed E-state index contributed by atoms with van der Waals surface area (Å²) in [7, 11) is 2.12. The molecule has 1 aromatic heterocycles. The standard InChI is InChI=1S/C31H41Cl2N7O3/c1-31(2,3)43-30(41)40-16-15-39(18-22(40)11-12-34)28-24-8-6-14-38(21-9-10-25(32)26(33)17-21)19-27(24)35-29(36-28)42-20-23-7-5-13-37(23)4/h9-10,17,22-23H,5-8,11,13-16,18-20H2,1-4H3/t22?,23-/m0/s1. The molecule has 0 spiro atoms. The van der Waals surface area contributed by atoms with Gasteiger partial charge >= 0.3 is 12.1 Å². The first-order chi connectivity index (χ1) is 20.5. The van der Waals surface area contributed by atoms with Gasteiger partial charge in [0.1, 0.15) is 18.0 Å². The van der Waals surface area contributed by atoms with Crippen molar-refractivity contribution in [3.05, 3.63) is 39.5 Å². The van der Waals surface area contributed by atoms with Gasteiger partial charge in [-0.3, -0.25) is 0 Å². The Bertz CT molecular complexity index is 1360. The van der Waals surface area contributed by atoms with E-state index in [0.29, 0.717) is 54.9 Å². The lowest BCUT2D eigenvalue weighted by atomic mass is 10.1. The normalized spacial score (nSPS) is 21.3. The van der Waals surface area contributed by atoms with Crippen molar-refractivity contribution in [1.29, 1.82) is 5.26 Å². The summed E-state index contributed by atoms with van der Waals surface area (Å²) in [6, 6.07) is 8.33. The maximum absolute atomic E-state index is 13.0. The van der Waals surface area contributed by atoms with Gasteiger partial charge in [-0.1, -0.05) is 23.2 Å². The Balaban J connectivity index is 1.45. The predicted molar refractivity (Wildman–Crippen MR) is 168 cm³/mol. The Kier molecular flexibility index (Phi) is 9.74. The van der Waals surface area contributed by atoms with Gasteiger partial charge < -0.3 is 29.1 Å². The average molecular weight is 631 g/mol. The molecule has 0 aliphatic carbocycles. The number of hydrogen-bond donors (Lipinski definition) is 0. The summed E-state index contributed by atoms with van der Waals surface area (Å²) in [5, 5.41) is 10.7. The molecule has 5 rings (SSSR count). The van der Waals surface area contributed by atoms with Crippen LogP contribution in [0.3, 0.4) is 0 Å². The summed E-state index contributed by atoms with van der Waals surface area (Å²) in [5.74, 6) is 0.822. The number of likely N-dealkylation sites (N-methyl/N-ethyl adjacent to an activating group) is 1. The van der Waals surface area contributed by atoms with Crippen molar-refractivity contribution >= 4 is 40.8 Å². The molecule has 1 amide bonds. The number of benzene rings is 1. The zero-order valence-electron chi connectivity index (χ0n) is 25.5. The number of nitriles is 1. The number of fused-ring (bicyclic) bond motifs is 1. The van der Waals surface area contributed by atoms with E-state index < -0.39 is 11.7 Å². The van der Waals surface area contributed by atoms with E-state index >= 15 is 0 Å². The van der Waals surface area contributed by atoms with Crippen molar-refractivity contribution in [2.45, 2.75) is 77.1 Å². The molecule has 12 heteroatoms. The van der Waals surface area contributed by atoms with E-state index in [-0.39, 0.29) is 12.5 Å². The summed E-state index contributed by atoms with van der Waals surface area (Å²) in [5.41, 5.74) is 2.36. The van der Waals surface area contributed by atoms with Crippen molar-refractivity contribution in [3.8, 4) is 12.1 Å². The molecule has 2 fully saturated rings. The fraction of sp³-hybridized carbons (Fsp3) is 0.613. The van der Waals surface area contributed by atoms with Gasteiger partial charge in [0.15, 0.2) is 0 Å². The maximum Gasteiger partial charge on any atom is 0.410 e. The van der Waals surface area contributed by atoms with E-state index in [0.717, 1.165) is 61.5 Å². The van der Waals surface area contributed by atoms with Crippen LogP contribution in [0.1, 0.15) is 57.7 Å². The van der Waals surface area contributed by atoms with Crippen molar-refractivity contribution in [1.82, 2.24) is 19.8 Å². The van der Waals surface area contributed by atoms with Crippen LogP contribution in [0.5, 0.6) is 6.01 Å². The highest BCUT2D eigenvalue weighted by Gasteiger charge is 2.35. The molecule has 3 aliphatic heterocycles. The van der Waals surface area contributed by atoms with Crippen LogP contribution in [0.2, 0.25) is 10.0 Å². The molecule has 0 saturated carbocycles. The third-order valence-corrected chi connectivity index (χ3v) is 9.07. The number of nitrogens with zero attached hydrogens (tertiary/aromatic N) is 7. The zero-order valence-corrected chi connectivity index (χ0v) is 27.0. The number of halogens is 2. The zero-order chi connectivity index (χ0) is 30.7. The smallest absolute Gasteiger partial charge is 0.410 e. The maximum atomic E-state index is 13.0. The molecule has 2 atom stereocenters. The molecule has 0 radical (unpaired) electrons. The molecular weight excluding hydrogens is 589 g/mol. The van der Waals surface area contributed by atoms with E-state index in [1.54, 1.807) is 4.90 Å². The Morgan fingerprint density at radius 3 is 2.58 bits per heavy atom. The van der Waals surface area contributed by atoms with E-state index in [2.05, 4.69) is 27.8 Å². The number of aromatic nitrogens is 2. The first kappa shape index (κ1) is 31.4. The van der Waals surface area contributed by atoms with Gasteiger partial charge in [-0.05, 0) is 78.2 Å². The molecule has 1 unspecified atom stereocenters. The van der Waals surface area contributed by atoms with Crippen LogP contribution < -0.4 is 14.5 Å². The second kappa shape index (κ2) is 13.3. The first-order valence-electron chi connectivity index (χ1n) is 15.1. The quantitative estimate of drug-likeness (QED) is 0.407. The van der Waals surface area contributed by atoms with Gasteiger partial charge in [0.2, 0.25) is 0 Å². The predicted octanol–water partition coefficient (Wildman–Crippen LogP) is 5.55. The molecule has 0 bridgehead atoms. The van der Waals surface area contributed by atoms with Gasteiger partial charge in [0.05, 0.1) is 40.8 Å². The van der Waals surface area contributed by atoms with Crippen LogP contribution in [0.25, 0.3) is 0 Å². The lowest BCUT2D eigenvalue weighted by Gasteiger charge is -2.42. The summed E-state index contributed by atoms with van der Waals surface area (Å²) >= 11 is 12.6. The number of anilines is 2. The fourth-order valence-electron chi connectivity index (χ4n) is 6.07. The molecule has 2 saturated heterocycles. The molecule has 2 aromatic rings. The minimum Gasteiger partial charge on any atom is -0.462 e. The van der Waals surface area contributed by atoms with Gasteiger partial charge in [0.25, 0.3) is 0 Å². The van der Waals surface area contributed by atoms with Crippen molar-refractivity contribution in [2.75, 3.05) is 56.2 Å². The highest BCUT2D eigenvalue weighted by molar-refractivity contribution is 6.42. The number of carbonyl (C=O) groups excluding carboxylic acids is 1. The van der Waals surface area contributed by atoms with E-state index in [4.69, 9.17) is 42.6 Å². The Labute approximate surface area is 264 Å². The molecule has 3 aliphatic rings. The largest absolute Gasteiger partial charge is 0.462 e. The Morgan fingerprint density at radius 2 is 1.88 bits per heavy atom. The first-order valence-corrected chi connectivity index (χ1v) is 15.8. The third kappa shape index (κ3) is 7.57. The van der Waals surface area contributed by atoms with E-state index in [1.165, 1.54) is 0 Å². The molecule has 0 N–H and O–H groups in total. The van der Waals surface area contributed by atoms with Gasteiger partial charge in [-0.25, -0.2) is 4.79 Å². The van der Waals surface area contributed by atoms with Crippen LogP contribution in [0.15, 0.2) is 18.2 Å². The molecule has 10 nitrogen and oxygen atoms in total. The molecule has 43 heavy (non-hydrogen) atoms. The fourth-order valence-corrected chi connectivity index (χ4v) is 6.36. The van der Waals surface area contributed by atoms with Gasteiger partial charge in [-0.15, -0.1) is 0 Å². The third-order valence-electron chi connectivity index (χ3n) is 8.33. The van der Waals surface area contributed by atoms with Crippen LogP contribution in [-0.2, 0) is 17.7 Å². The molecule has 4 heterocycles. The lowest BCUT2D eigenvalue weighted by molar-refractivity contribution is 0.0144. The van der Waals surface area contributed by atoms with Gasteiger partial charge in [0, 0.05) is 43.5 Å². The summed E-state index contributed by atoms with van der Waals surface area (Å²) in [6.45, 7) is 9.98. The number of ether oxygens (including phenoxy) is 2. The average Bonchev–Trinajstić information content (AvgIpc) is 3.24. The van der Waals surface area contributed by atoms with Crippen LogP contribution in [0, 0.1) is 11.3 Å². The number of hydrogen-bond acceptors (Lipinski definition) is 9. The van der Waals surface area contributed by atoms with Crippen molar-refractivity contribution in [3.63, 3.8) is 0 Å². The molecule has 232 valence electrons. The SMILES string of the molecule is CN1CCC[C@H]1COc1nc2c(c(N3CCN(C(=O)OC(C)(C)C)C(CC#N)C3)n1)CCCN(c1ccc(Cl)c(Cl)c1)C2.